The van der Waals surface area contributed by atoms with Crippen molar-refractivity contribution in [3.63, 3.8) is 0 Å². The van der Waals surface area contributed by atoms with E-state index in [-0.39, 0.29) is 5.82 Å². The number of rotatable bonds is 4. The monoisotopic (exact) mass is 250 g/mol. The molecule has 0 unspecified atom stereocenters. The molecule has 0 amide bonds. The minimum Gasteiger partial charge on any atom is -0.314 e. The molecule has 0 bridgehead atoms. The number of halogens is 1. The summed E-state index contributed by atoms with van der Waals surface area (Å²) < 4.78 is 13.7. The van der Waals surface area contributed by atoms with Crippen LogP contribution < -0.4 is 5.32 Å². The smallest absolute Gasteiger partial charge is 0.126 e. The van der Waals surface area contributed by atoms with Gasteiger partial charge in [-0.2, -0.15) is 0 Å². The molecule has 0 aromatic heterocycles. The van der Waals surface area contributed by atoms with Crippen LogP contribution in [-0.2, 0) is 0 Å². The Morgan fingerprint density at radius 3 is 2.72 bits per heavy atom. The molecule has 1 heterocycles. The molecule has 18 heavy (non-hydrogen) atoms. The third-order valence-electron chi connectivity index (χ3n) is 3.82. The molecule has 2 rings (SSSR count). The van der Waals surface area contributed by atoms with E-state index in [9.17, 15) is 4.39 Å². The number of benzene rings is 1. The van der Waals surface area contributed by atoms with Gasteiger partial charge in [0, 0.05) is 32.2 Å². The number of hydrogen-bond acceptors (Lipinski definition) is 2. The second kappa shape index (κ2) is 6.30. The van der Waals surface area contributed by atoms with Gasteiger partial charge < -0.3 is 5.32 Å². The van der Waals surface area contributed by atoms with Crippen LogP contribution in [0.1, 0.15) is 36.9 Å². The van der Waals surface area contributed by atoms with E-state index in [0.29, 0.717) is 6.04 Å². The van der Waals surface area contributed by atoms with Crippen molar-refractivity contribution in [1.82, 2.24) is 10.2 Å². The van der Waals surface area contributed by atoms with Gasteiger partial charge in [-0.15, -0.1) is 0 Å². The molecule has 1 aliphatic rings. The third-order valence-corrected chi connectivity index (χ3v) is 3.82. The fourth-order valence-electron chi connectivity index (χ4n) is 2.79. The Balaban J connectivity index is 2.25. The molecule has 1 aromatic rings. The lowest BCUT2D eigenvalue weighted by molar-refractivity contribution is 0.164. The van der Waals surface area contributed by atoms with Crippen molar-refractivity contribution in [1.29, 1.82) is 0 Å². The van der Waals surface area contributed by atoms with Crippen LogP contribution in [0.3, 0.4) is 0 Å². The van der Waals surface area contributed by atoms with Crippen molar-refractivity contribution in [3.8, 4) is 0 Å². The first-order chi connectivity index (χ1) is 8.74. The molecule has 0 saturated carbocycles. The number of nitrogens with one attached hydrogen (secondary N) is 1. The van der Waals surface area contributed by atoms with Gasteiger partial charge in [0.2, 0.25) is 0 Å². The Morgan fingerprint density at radius 1 is 1.33 bits per heavy atom. The summed E-state index contributed by atoms with van der Waals surface area (Å²) in [7, 11) is 0. The minimum absolute atomic E-state index is 0.0799. The van der Waals surface area contributed by atoms with Crippen molar-refractivity contribution in [2.45, 2.75) is 32.7 Å². The Kier molecular flexibility index (Phi) is 4.72. The summed E-state index contributed by atoms with van der Waals surface area (Å²) in [6.45, 7) is 8.28. The molecule has 0 aliphatic carbocycles. The highest BCUT2D eigenvalue weighted by molar-refractivity contribution is 5.30. The van der Waals surface area contributed by atoms with Crippen LogP contribution in [-0.4, -0.2) is 31.1 Å². The van der Waals surface area contributed by atoms with Gasteiger partial charge in [-0.05, 0) is 30.5 Å². The Hall–Kier alpha value is -0.930. The molecule has 3 heteroatoms. The largest absolute Gasteiger partial charge is 0.314 e. The summed E-state index contributed by atoms with van der Waals surface area (Å²) in [6, 6.07) is 5.84. The zero-order valence-corrected chi connectivity index (χ0v) is 11.4. The van der Waals surface area contributed by atoms with Crippen LogP contribution in [0.4, 0.5) is 4.39 Å². The first-order valence-corrected chi connectivity index (χ1v) is 6.93. The second-order valence-electron chi connectivity index (χ2n) is 5.04. The molecule has 1 aliphatic heterocycles. The fraction of sp³-hybridized carbons (Fsp3) is 0.600. The van der Waals surface area contributed by atoms with E-state index >= 15 is 0 Å². The van der Waals surface area contributed by atoms with E-state index in [0.717, 1.165) is 44.6 Å². The molecule has 2 nitrogen and oxygen atoms in total. The molecule has 1 N–H and O–H groups in total. The molecular formula is C15H23FN2. The highest BCUT2D eigenvalue weighted by Crippen LogP contribution is 2.29. The van der Waals surface area contributed by atoms with Crippen molar-refractivity contribution < 1.29 is 4.39 Å². The van der Waals surface area contributed by atoms with Crippen LogP contribution in [0.2, 0.25) is 0 Å². The SMILES string of the molecule is CCC[C@H](c1cccc(F)c1C)N1CCNCC1. The van der Waals surface area contributed by atoms with E-state index in [1.165, 1.54) is 5.56 Å². The van der Waals surface area contributed by atoms with Gasteiger partial charge in [0.15, 0.2) is 0 Å². The zero-order chi connectivity index (χ0) is 13.0. The fourth-order valence-corrected chi connectivity index (χ4v) is 2.79. The van der Waals surface area contributed by atoms with Crippen LogP contribution in [0, 0.1) is 12.7 Å². The molecule has 100 valence electrons. The van der Waals surface area contributed by atoms with Gasteiger partial charge in [0.25, 0.3) is 0 Å². The molecule has 1 fully saturated rings. The van der Waals surface area contributed by atoms with Crippen molar-refractivity contribution in [3.05, 3.63) is 35.1 Å². The van der Waals surface area contributed by atoms with E-state index in [2.05, 4.69) is 23.2 Å². The normalized spacial score (nSPS) is 18.8. The van der Waals surface area contributed by atoms with Crippen LogP contribution in [0.25, 0.3) is 0 Å². The number of nitrogens with zero attached hydrogens (tertiary/aromatic N) is 1. The Bertz CT molecular complexity index is 386. The lowest BCUT2D eigenvalue weighted by Gasteiger charge is -2.36. The third kappa shape index (κ3) is 2.90. The minimum atomic E-state index is -0.0799. The van der Waals surface area contributed by atoms with Gasteiger partial charge >= 0.3 is 0 Å². The summed E-state index contributed by atoms with van der Waals surface area (Å²) in [6.07, 6.45) is 2.23. The predicted octanol–water partition coefficient (Wildman–Crippen LogP) is 2.88. The maximum Gasteiger partial charge on any atom is 0.126 e. The molecule has 0 radical (unpaired) electrons. The van der Waals surface area contributed by atoms with E-state index in [1.807, 2.05) is 13.0 Å². The quantitative estimate of drug-likeness (QED) is 0.884. The zero-order valence-electron chi connectivity index (χ0n) is 11.4. The van der Waals surface area contributed by atoms with Crippen LogP contribution in [0.5, 0.6) is 0 Å². The molecular weight excluding hydrogens is 227 g/mol. The summed E-state index contributed by atoms with van der Waals surface area (Å²) in [5.74, 6) is -0.0799. The highest BCUT2D eigenvalue weighted by Gasteiger charge is 2.23. The van der Waals surface area contributed by atoms with Crippen molar-refractivity contribution in [2.75, 3.05) is 26.2 Å². The van der Waals surface area contributed by atoms with Crippen LogP contribution in [0.15, 0.2) is 18.2 Å². The first kappa shape index (κ1) is 13.5. The lowest BCUT2D eigenvalue weighted by Crippen LogP contribution is -2.45. The Labute approximate surface area is 109 Å². The standard InChI is InChI=1S/C15H23FN2/c1-3-5-15(18-10-8-17-9-11-18)13-6-4-7-14(16)12(13)2/h4,6-7,15,17H,3,5,8-11H2,1-2H3/t15-/m1/s1. The maximum absolute atomic E-state index is 13.7. The van der Waals surface area contributed by atoms with Gasteiger partial charge in [-0.1, -0.05) is 25.5 Å². The van der Waals surface area contributed by atoms with E-state index < -0.39 is 0 Å². The van der Waals surface area contributed by atoms with Crippen molar-refractivity contribution >= 4 is 0 Å². The topological polar surface area (TPSA) is 15.3 Å². The first-order valence-electron chi connectivity index (χ1n) is 6.93. The summed E-state index contributed by atoms with van der Waals surface area (Å²) >= 11 is 0. The van der Waals surface area contributed by atoms with Gasteiger partial charge in [0.1, 0.15) is 5.82 Å². The molecule has 1 atom stereocenters. The Morgan fingerprint density at radius 2 is 2.06 bits per heavy atom. The highest BCUT2D eigenvalue weighted by atomic mass is 19.1. The van der Waals surface area contributed by atoms with Gasteiger partial charge in [-0.25, -0.2) is 4.39 Å². The van der Waals surface area contributed by atoms with E-state index in [4.69, 9.17) is 0 Å². The van der Waals surface area contributed by atoms with Crippen LogP contribution >= 0.6 is 0 Å². The summed E-state index contributed by atoms with van der Waals surface area (Å²) in [5, 5.41) is 3.37. The molecule has 1 saturated heterocycles. The molecule has 0 spiro atoms. The predicted molar refractivity (Wildman–Crippen MR) is 73.2 cm³/mol. The van der Waals surface area contributed by atoms with Gasteiger partial charge in [0.05, 0.1) is 0 Å². The average Bonchev–Trinajstić information content (AvgIpc) is 2.41. The maximum atomic E-state index is 13.7. The van der Waals surface area contributed by atoms with E-state index in [1.54, 1.807) is 6.07 Å². The lowest BCUT2D eigenvalue weighted by atomic mass is 9.95. The second-order valence-corrected chi connectivity index (χ2v) is 5.04. The molecule has 1 aromatic carbocycles. The summed E-state index contributed by atoms with van der Waals surface area (Å²) in [4.78, 5) is 2.49. The van der Waals surface area contributed by atoms with Gasteiger partial charge in [-0.3, -0.25) is 4.90 Å². The number of piperazine rings is 1. The average molecular weight is 250 g/mol. The summed E-state index contributed by atoms with van der Waals surface area (Å²) in [5.41, 5.74) is 1.98. The van der Waals surface area contributed by atoms with Crippen molar-refractivity contribution in [2.24, 2.45) is 0 Å². The number of hydrogen-bond donors (Lipinski definition) is 1.